The van der Waals surface area contributed by atoms with Crippen molar-refractivity contribution in [3.8, 4) is 11.4 Å². The highest BCUT2D eigenvalue weighted by Gasteiger charge is 2.09. The van der Waals surface area contributed by atoms with Gasteiger partial charge < -0.3 is 4.74 Å². The number of aromatic nitrogens is 2. The van der Waals surface area contributed by atoms with Gasteiger partial charge in [-0.15, -0.1) is 0 Å². The molecule has 2 aromatic rings. The first kappa shape index (κ1) is 10.1. The molecule has 4 heteroatoms. The molecule has 0 aliphatic rings. The Balaban J connectivity index is 2.58. The Hall–Kier alpha value is -1.48. The number of rotatable bonds is 2. The molecule has 78 valence electrons. The Kier molecular flexibility index (Phi) is 2.64. The van der Waals surface area contributed by atoms with Gasteiger partial charge in [0.2, 0.25) is 0 Å². The summed E-state index contributed by atoms with van der Waals surface area (Å²) in [6, 6.07) is 9.44. The molecule has 0 saturated carbocycles. The molecule has 0 spiro atoms. The van der Waals surface area contributed by atoms with Gasteiger partial charge in [0.05, 0.1) is 12.8 Å². The highest BCUT2D eigenvalue weighted by Crippen LogP contribution is 2.25. The van der Waals surface area contributed by atoms with E-state index in [1.165, 1.54) is 0 Å². The largest absolute Gasteiger partial charge is 0.494 e. The number of methoxy groups -OCH3 is 1. The molecule has 0 bridgehead atoms. The first-order valence-electron chi connectivity index (χ1n) is 4.58. The molecule has 0 aliphatic carbocycles. The summed E-state index contributed by atoms with van der Waals surface area (Å²) in [6.07, 6.45) is 0. The third-order valence-corrected chi connectivity index (χ3v) is 2.37. The molecule has 0 atom stereocenters. The molecule has 1 heterocycles. The Morgan fingerprint density at radius 3 is 2.67 bits per heavy atom. The predicted octanol–water partition coefficient (Wildman–Crippen LogP) is 2.84. The third kappa shape index (κ3) is 1.83. The molecule has 0 aliphatic heterocycles. The number of hydrogen-bond acceptors (Lipinski definition) is 2. The van der Waals surface area contributed by atoms with Crippen molar-refractivity contribution in [2.75, 3.05) is 7.11 Å². The zero-order chi connectivity index (χ0) is 10.8. The predicted molar refractivity (Wildman–Crippen MR) is 59.9 cm³/mol. The number of aryl methyl sites for hydroxylation is 1. The molecule has 1 aromatic heterocycles. The minimum Gasteiger partial charge on any atom is -0.494 e. The lowest BCUT2D eigenvalue weighted by Crippen LogP contribution is -1.99. The van der Waals surface area contributed by atoms with Gasteiger partial charge in [-0.3, -0.25) is 0 Å². The van der Waals surface area contributed by atoms with Gasteiger partial charge in [0.25, 0.3) is 0 Å². The molecule has 0 unspecified atom stereocenters. The summed E-state index contributed by atoms with van der Waals surface area (Å²) >= 11 is 6.05. The lowest BCUT2D eigenvalue weighted by Gasteiger charge is -2.08. The number of para-hydroxylation sites is 2. The van der Waals surface area contributed by atoms with Crippen molar-refractivity contribution < 1.29 is 4.74 Å². The second kappa shape index (κ2) is 3.95. The molecule has 0 radical (unpaired) electrons. The second-order valence-electron chi connectivity index (χ2n) is 3.19. The SMILES string of the molecule is COc1ccccc1-n1nc(C)cc1Cl. The molecule has 0 saturated heterocycles. The second-order valence-corrected chi connectivity index (χ2v) is 3.58. The van der Waals surface area contributed by atoms with E-state index in [0.29, 0.717) is 5.15 Å². The monoisotopic (exact) mass is 222 g/mol. The highest BCUT2D eigenvalue weighted by atomic mass is 35.5. The van der Waals surface area contributed by atoms with E-state index in [0.717, 1.165) is 17.1 Å². The summed E-state index contributed by atoms with van der Waals surface area (Å²) in [5.74, 6) is 0.752. The molecule has 0 amide bonds. The van der Waals surface area contributed by atoms with Crippen LogP contribution < -0.4 is 4.74 Å². The number of nitrogens with zero attached hydrogens (tertiary/aromatic N) is 2. The quantitative estimate of drug-likeness (QED) is 0.781. The van der Waals surface area contributed by atoms with Gasteiger partial charge in [0, 0.05) is 0 Å². The summed E-state index contributed by atoms with van der Waals surface area (Å²) < 4.78 is 6.91. The number of benzene rings is 1. The summed E-state index contributed by atoms with van der Waals surface area (Å²) in [6.45, 7) is 1.90. The molecule has 0 fully saturated rings. The number of hydrogen-bond donors (Lipinski definition) is 0. The van der Waals surface area contributed by atoms with Crippen molar-refractivity contribution in [3.05, 3.63) is 41.2 Å². The van der Waals surface area contributed by atoms with Gasteiger partial charge >= 0.3 is 0 Å². The molecule has 0 N–H and O–H groups in total. The normalized spacial score (nSPS) is 10.3. The zero-order valence-corrected chi connectivity index (χ0v) is 9.32. The van der Waals surface area contributed by atoms with E-state index in [4.69, 9.17) is 16.3 Å². The van der Waals surface area contributed by atoms with Crippen LogP contribution in [-0.4, -0.2) is 16.9 Å². The molecular weight excluding hydrogens is 212 g/mol. The van der Waals surface area contributed by atoms with Crippen molar-refractivity contribution in [2.24, 2.45) is 0 Å². The van der Waals surface area contributed by atoms with Crippen molar-refractivity contribution >= 4 is 11.6 Å². The minimum atomic E-state index is 0.581. The third-order valence-electron chi connectivity index (χ3n) is 2.10. The van der Waals surface area contributed by atoms with Crippen molar-refractivity contribution in [3.63, 3.8) is 0 Å². The van der Waals surface area contributed by atoms with E-state index in [1.54, 1.807) is 11.8 Å². The van der Waals surface area contributed by atoms with Crippen LogP contribution in [0.25, 0.3) is 5.69 Å². The van der Waals surface area contributed by atoms with Gasteiger partial charge in [0.1, 0.15) is 16.6 Å². The minimum absolute atomic E-state index is 0.581. The smallest absolute Gasteiger partial charge is 0.144 e. The van der Waals surface area contributed by atoms with E-state index in [1.807, 2.05) is 37.3 Å². The van der Waals surface area contributed by atoms with Gasteiger partial charge in [-0.1, -0.05) is 23.7 Å². The lowest BCUT2D eigenvalue weighted by atomic mass is 10.3. The summed E-state index contributed by atoms with van der Waals surface area (Å²) in [7, 11) is 1.63. The van der Waals surface area contributed by atoms with E-state index in [9.17, 15) is 0 Å². The molecule has 1 aromatic carbocycles. The maximum absolute atomic E-state index is 6.05. The first-order chi connectivity index (χ1) is 7.22. The van der Waals surface area contributed by atoms with Crippen LogP contribution in [0.3, 0.4) is 0 Å². The van der Waals surface area contributed by atoms with E-state index in [2.05, 4.69) is 5.10 Å². The van der Waals surface area contributed by atoms with Gasteiger partial charge in [-0.05, 0) is 25.1 Å². The van der Waals surface area contributed by atoms with Crippen LogP contribution in [-0.2, 0) is 0 Å². The molecule has 15 heavy (non-hydrogen) atoms. The maximum Gasteiger partial charge on any atom is 0.144 e. The maximum atomic E-state index is 6.05. The molecular formula is C11H11ClN2O. The lowest BCUT2D eigenvalue weighted by molar-refractivity contribution is 0.411. The van der Waals surface area contributed by atoms with Crippen molar-refractivity contribution in [2.45, 2.75) is 6.92 Å². The van der Waals surface area contributed by atoms with Crippen LogP contribution in [0.15, 0.2) is 30.3 Å². The summed E-state index contributed by atoms with van der Waals surface area (Å²) in [5.41, 5.74) is 1.73. The van der Waals surface area contributed by atoms with Gasteiger partial charge in [-0.25, -0.2) is 4.68 Å². The van der Waals surface area contributed by atoms with Crippen molar-refractivity contribution in [1.82, 2.24) is 9.78 Å². The molecule has 2 rings (SSSR count). The summed E-state index contributed by atoms with van der Waals surface area (Å²) in [4.78, 5) is 0. The van der Waals surface area contributed by atoms with Crippen LogP contribution in [0.5, 0.6) is 5.75 Å². The Bertz CT molecular complexity index is 479. The Morgan fingerprint density at radius 2 is 2.07 bits per heavy atom. The molecule has 3 nitrogen and oxygen atoms in total. The number of ether oxygens (including phenoxy) is 1. The first-order valence-corrected chi connectivity index (χ1v) is 4.95. The van der Waals surface area contributed by atoms with Crippen LogP contribution in [0, 0.1) is 6.92 Å². The van der Waals surface area contributed by atoms with E-state index >= 15 is 0 Å². The van der Waals surface area contributed by atoms with Crippen LogP contribution >= 0.6 is 11.6 Å². The van der Waals surface area contributed by atoms with Crippen molar-refractivity contribution in [1.29, 1.82) is 0 Å². The fourth-order valence-electron chi connectivity index (χ4n) is 1.44. The number of halogens is 1. The van der Waals surface area contributed by atoms with Gasteiger partial charge in [-0.2, -0.15) is 5.10 Å². The average Bonchev–Trinajstić information content (AvgIpc) is 2.57. The zero-order valence-electron chi connectivity index (χ0n) is 8.57. The Labute approximate surface area is 93.2 Å². The van der Waals surface area contributed by atoms with Crippen LogP contribution in [0.1, 0.15) is 5.69 Å². The van der Waals surface area contributed by atoms with E-state index in [-0.39, 0.29) is 0 Å². The topological polar surface area (TPSA) is 27.1 Å². The average molecular weight is 223 g/mol. The highest BCUT2D eigenvalue weighted by molar-refractivity contribution is 6.29. The van der Waals surface area contributed by atoms with E-state index < -0.39 is 0 Å². The van der Waals surface area contributed by atoms with Crippen LogP contribution in [0.4, 0.5) is 0 Å². The summed E-state index contributed by atoms with van der Waals surface area (Å²) in [5, 5.41) is 4.87. The van der Waals surface area contributed by atoms with Crippen LogP contribution in [0.2, 0.25) is 5.15 Å². The fraction of sp³-hybridized carbons (Fsp3) is 0.182. The Morgan fingerprint density at radius 1 is 1.33 bits per heavy atom. The standard InChI is InChI=1S/C11H11ClN2O/c1-8-7-11(12)14(13-8)9-5-3-4-6-10(9)15-2/h3-7H,1-2H3. The van der Waals surface area contributed by atoms with Gasteiger partial charge in [0.15, 0.2) is 0 Å². The fourth-order valence-corrected chi connectivity index (χ4v) is 1.73.